The van der Waals surface area contributed by atoms with Crippen molar-refractivity contribution in [2.75, 3.05) is 0 Å². The highest BCUT2D eigenvalue weighted by Crippen LogP contribution is 2.61. The average Bonchev–Trinajstić information content (AvgIpc) is 2.59. The number of carbonyl (C=O) groups excluding carboxylic acids is 1. The number of rotatable bonds is 2. The fourth-order valence-electron chi connectivity index (χ4n) is 7.00. The first-order valence-electron chi connectivity index (χ1n) is 12.0. The predicted octanol–water partition coefficient (Wildman–Crippen LogP) is 6.21. The van der Waals surface area contributed by atoms with Crippen LogP contribution in [0.5, 0.6) is 0 Å². The Morgan fingerprint density at radius 2 is 1.83 bits per heavy atom. The molecule has 1 aliphatic heterocycles. The fourth-order valence-corrected chi connectivity index (χ4v) is 8.39. The van der Waals surface area contributed by atoms with E-state index in [1.54, 1.807) is 5.57 Å². The van der Waals surface area contributed by atoms with Gasteiger partial charge in [0.15, 0.2) is 8.32 Å². The second-order valence-corrected chi connectivity index (χ2v) is 17.3. The van der Waals surface area contributed by atoms with E-state index in [-0.39, 0.29) is 16.5 Å². The van der Waals surface area contributed by atoms with Crippen LogP contribution in [0.15, 0.2) is 11.6 Å². The van der Waals surface area contributed by atoms with E-state index in [2.05, 4.69) is 59.1 Å². The first-order chi connectivity index (χ1) is 13.4. The van der Waals surface area contributed by atoms with E-state index >= 15 is 0 Å². The first kappa shape index (κ1) is 21.6. The van der Waals surface area contributed by atoms with Crippen molar-refractivity contribution >= 4 is 14.2 Å². The normalized spacial score (nSPS) is 42.9. The maximum atomic E-state index is 12.1. The molecule has 0 aromatic rings. The molecule has 4 aliphatic rings. The van der Waals surface area contributed by atoms with Crippen molar-refractivity contribution in [2.45, 2.75) is 116 Å². The molecule has 4 heteroatoms. The molecule has 0 aromatic carbocycles. The summed E-state index contributed by atoms with van der Waals surface area (Å²) in [5, 5.41) is 3.66. The molecule has 1 saturated heterocycles. The molecule has 29 heavy (non-hydrogen) atoms. The molecule has 1 N–H and O–H groups in total. The van der Waals surface area contributed by atoms with Gasteiger partial charge in [0, 0.05) is 18.1 Å². The summed E-state index contributed by atoms with van der Waals surface area (Å²) in [7, 11) is -1.71. The predicted molar refractivity (Wildman–Crippen MR) is 122 cm³/mol. The molecule has 1 heterocycles. The maximum Gasteiger partial charge on any atom is 0.220 e. The van der Waals surface area contributed by atoms with Gasteiger partial charge in [0.25, 0.3) is 0 Å². The van der Waals surface area contributed by atoms with E-state index in [0.717, 1.165) is 37.5 Å². The van der Waals surface area contributed by atoms with Crippen LogP contribution in [-0.2, 0) is 9.22 Å². The van der Waals surface area contributed by atoms with Crippen molar-refractivity contribution in [2.24, 2.45) is 23.2 Å². The molecule has 164 valence electrons. The minimum absolute atomic E-state index is 0.0286. The molecule has 0 spiro atoms. The Labute approximate surface area is 179 Å². The van der Waals surface area contributed by atoms with Gasteiger partial charge in [-0.3, -0.25) is 4.79 Å². The second-order valence-electron chi connectivity index (χ2n) is 12.5. The van der Waals surface area contributed by atoms with Crippen LogP contribution in [0.1, 0.15) is 86.0 Å². The van der Waals surface area contributed by atoms with Gasteiger partial charge >= 0.3 is 0 Å². The highest BCUT2D eigenvalue weighted by Gasteiger charge is 2.56. The van der Waals surface area contributed by atoms with Crippen LogP contribution in [0.4, 0.5) is 0 Å². The molecule has 2 saturated carbocycles. The van der Waals surface area contributed by atoms with E-state index in [1.807, 2.05) is 0 Å². The zero-order chi connectivity index (χ0) is 21.2. The van der Waals surface area contributed by atoms with E-state index in [4.69, 9.17) is 4.43 Å². The SMILES string of the molecule is CC(C)(C)[Si](C)(C)O[C@H]1CC[C@@]2(C)C(=CC[C@@H]3[C@@H]2CC[C@]2(C)NC(=O)CC[C@@H]32)C1. The van der Waals surface area contributed by atoms with E-state index < -0.39 is 8.32 Å². The number of piperidine rings is 1. The molecule has 3 fully saturated rings. The molecule has 4 rings (SSSR count). The largest absolute Gasteiger partial charge is 0.414 e. The summed E-state index contributed by atoms with van der Waals surface area (Å²) in [6.45, 7) is 16.7. The van der Waals surface area contributed by atoms with Crippen molar-refractivity contribution in [3.8, 4) is 0 Å². The van der Waals surface area contributed by atoms with Crippen LogP contribution in [0, 0.1) is 23.2 Å². The van der Waals surface area contributed by atoms with Crippen LogP contribution in [0.25, 0.3) is 0 Å². The van der Waals surface area contributed by atoms with Crippen LogP contribution in [0.3, 0.4) is 0 Å². The van der Waals surface area contributed by atoms with Crippen LogP contribution >= 0.6 is 0 Å². The zero-order valence-electron chi connectivity index (χ0n) is 19.9. The minimum atomic E-state index is -1.71. The molecule has 0 bridgehead atoms. The maximum absolute atomic E-state index is 12.1. The lowest BCUT2D eigenvalue weighted by Gasteiger charge is -2.60. The van der Waals surface area contributed by atoms with Gasteiger partial charge in [-0.05, 0) is 93.2 Å². The van der Waals surface area contributed by atoms with Crippen LogP contribution in [0.2, 0.25) is 18.1 Å². The Bertz CT molecular complexity index is 708. The van der Waals surface area contributed by atoms with Crippen LogP contribution < -0.4 is 5.32 Å². The third-order valence-corrected chi connectivity index (χ3v) is 14.4. The average molecular weight is 418 g/mol. The Hall–Kier alpha value is -0.613. The Morgan fingerprint density at radius 3 is 2.52 bits per heavy atom. The van der Waals surface area contributed by atoms with Crippen molar-refractivity contribution in [1.82, 2.24) is 5.32 Å². The zero-order valence-corrected chi connectivity index (χ0v) is 20.9. The third kappa shape index (κ3) is 3.56. The summed E-state index contributed by atoms with van der Waals surface area (Å²) >= 11 is 0. The second kappa shape index (κ2) is 6.95. The molecule has 1 amide bonds. The number of nitrogens with one attached hydrogen (secondary N) is 1. The Morgan fingerprint density at radius 1 is 1.10 bits per heavy atom. The number of hydrogen-bond donors (Lipinski definition) is 1. The fraction of sp³-hybridized carbons (Fsp3) is 0.880. The van der Waals surface area contributed by atoms with Gasteiger partial charge in [-0.2, -0.15) is 0 Å². The first-order valence-corrected chi connectivity index (χ1v) is 14.9. The number of amides is 1. The molecule has 0 aromatic heterocycles. The van der Waals surface area contributed by atoms with Crippen molar-refractivity contribution in [3.05, 3.63) is 11.6 Å². The van der Waals surface area contributed by atoms with Crippen LogP contribution in [-0.4, -0.2) is 25.9 Å². The molecule has 3 nitrogen and oxygen atoms in total. The summed E-state index contributed by atoms with van der Waals surface area (Å²) in [5.74, 6) is 2.43. The summed E-state index contributed by atoms with van der Waals surface area (Å²) in [6, 6.07) is 0. The van der Waals surface area contributed by atoms with Gasteiger partial charge < -0.3 is 9.74 Å². The van der Waals surface area contributed by atoms with Gasteiger partial charge in [0.05, 0.1) is 0 Å². The number of carbonyl (C=O) groups is 1. The van der Waals surface area contributed by atoms with Gasteiger partial charge in [0.1, 0.15) is 0 Å². The minimum Gasteiger partial charge on any atom is -0.414 e. The highest BCUT2D eigenvalue weighted by molar-refractivity contribution is 6.74. The molecular formula is C25H43NO2Si. The number of allylic oxidation sites excluding steroid dienone is 1. The Balaban J connectivity index is 1.53. The molecule has 3 aliphatic carbocycles. The smallest absolute Gasteiger partial charge is 0.220 e. The van der Waals surface area contributed by atoms with Gasteiger partial charge in [0.2, 0.25) is 5.91 Å². The third-order valence-electron chi connectivity index (χ3n) is 9.82. The van der Waals surface area contributed by atoms with E-state index in [1.165, 1.54) is 25.7 Å². The van der Waals surface area contributed by atoms with E-state index in [9.17, 15) is 4.79 Å². The summed E-state index contributed by atoms with van der Waals surface area (Å²) < 4.78 is 6.84. The summed E-state index contributed by atoms with van der Waals surface area (Å²) in [5.41, 5.74) is 2.07. The monoisotopic (exact) mass is 417 g/mol. The summed E-state index contributed by atoms with van der Waals surface area (Å²) in [4.78, 5) is 12.1. The molecule has 6 atom stereocenters. The van der Waals surface area contributed by atoms with Gasteiger partial charge in [-0.1, -0.05) is 39.3 Å². The van der Waals surface area contributed by atoms with Crippen molar-refractivity contribution in [3.63, 3.8) is 0 Å². The Kier molecular flexibility index (Phi) is 5.18. The number of fused-ring (bicyclic) bond motifs is 5. The van der Waals surface area contributed by atoms with Gasteiger partial charge in [-0.15, -0.1) is 0 Å². The lowest BCUT2D eigenvalue weighted by Crippen LogP contribution is -2.62. The van der Waals surface area contributed by atoms with Gasteiger partial charge in [-0.25, -0.2) is 0 Å². The molecule has 0 unspecified atom stereocenters. The van der Waals surface area contributed by atoms with Crippen molar-refractivity contribution < 1.29 is 9.22 Å². The lowest BCUT2D eigenvalue weighted by atomic mass is 9.48. The molecule has 0 radical (unpaired) electrons. The number of hydrogen-bond acceptors (Lipinski definition) is 2. The lowest BCUT2D eigenvalue weighted by molar-refractivity contribution is -0.131. The highest BCUT2D eigenvalue weighted by atomic mass is 28.4. The topological polar surface area (TPSA) is 38.3 Å². The summed E-state index contributed by atoms with van der Waals surface area (Å²) in [6.07, 6.45) is 12.1. The quantitative estimate of drug-likeness (QED) is 0.428. The van der Waals surface area contributed by atoms with Crippen molar-refractivity contribution in [1.29, 1.82) is 0 Å². The molecular weight excluding hydrogens is 374 g/mol. The standard InChI is InChI=1S/C25H43NO2Si/c1-23(2,3)29(6,7)28-18-12-14-24(4)17(16-18)8-9-19-20(24)13-15-25(5)21(19)10-11-22(27)26-25/h8,18-21H,9-16H2,1-7H3,(H,26,27)/t18-,19+,20-,21-,24-,25-/m0/s1. The van der Waals surface area contributed by atoms with E-state index in [0.29, 0.717) is 17.4 Å².